The third kappa shape index (κ3) is 4.98. The summed E-state index contributed by atoms with van der Waals surface area (Å²) in [6.45, 7) is 2.00. The summed E-state index contributed by atoms with van der Waals surface area (Å²) < 4.78 is 4.68. The molecule has 0 radical (unpaired) electrons. The molecule has 0 unspecified atom stereocenters. The van der Waals surface area contributed by atoms with Crippen LogP contribution in [0.4, 0.5) is 10.5 Å². The second kappa shape index (κ2) is 7.62. The molecular formula is C16H20N2O5. The number of anilines is 1. The second-order valence-electron chi connectivity index (χ2n) is 5.49. The Morgan fingerprint density at radius 1 is 1.30 bits per heavy atom. The summed E-state index contributed by atoms with van der Waals surface area (Å²) in [4.78, 5) is 34.9. The molecule has 0 aromatic heterocycles. The van der Waals surface area contributed by atoms with Gasteiger partial charge in [-0.25, -0.2) is 4.79 Å². The Morgan fingerprint density at radius 3 is 2.61 bits per heavy atom. The molecule has 1 aliphatic heterocycles. The van der Waals surface area contributed by atoms with Crippen molar-refractivity contribution in [2.45, 2.75) is 25.8 Å². The monoisotopic (exact) mass is 320 g/mol. The van der Waals surface area contributed by atoms with E-state index < -0.39 is 12.1 Å². The number of benzene rings is 1. The number of rotatable bonds is 5. The Hall–Kier alpha value is -2.57. The number of hydrogen-bond donors (Lipinski definition) is 2. The van der Waals surface area contributed by atoms with Crippen LogP contribution in [0.25, 0.3) is 0 Å². The molecule has 0 saturated carbocycles. The van der Waals surface area contributed by atoms with Crippen LogP contribution in [0.3, 0.4) is 0 Å². The lowest BCUT2D eigenvalue weighted by Gasteiger charge is -2.31. The van der Waals surface area contributed by atoms with E-state index in [0.29, 0.717) is 18.7 Å². The normalized spacial score (nSPS) is 17.4. The summed E-state index contributed by atoms with van der Waals surface area (Å²) in [5, 5.41) is 12.3. The van der Waals surface area contributed by atoms with Crippen LogP contribution in [-0.2, 0) is 9.53 Å². The first-order valence-electron chi connectivity index (χ1n) is 7.46. The van der Waals surface area contributed by atoms with Gasteiger partial charge in [0.15, 0.2) is 12.4 Å². The van der Waals surface area contributed by atoms with Crippen molar-refractivity contribution in [2.24, 2.45) is 0 Å². The zero-order valence-corrected chi connectivity index (χ0v) is 12.9. The van der Waals surface area contributed by atoms with Gasteiger partial charge in [0, 0.05) is 37.3 Å². The maximum absolute atomic E-state index is 11.8. The van der Waals surface area contributed by atoms with Crippen LogP contribution in [0.1, 0.15) is 30.1 Å². The van der Waals surface area contributed by atoms with E-state index in [1.165, 1.54) is 11.8 Å². The topological polar surface area (TPSA) is 95.9 Å². The molecule has 1 fully saturated rings. The van der Waals surface area contributed by atoms with E-state index in [4.69, 9.17) is 5.11 Å². The number of carboxylic acid groups (broad SMARTS) is 1. The molecule has 0 bridgehead atoms. The van der Waals surface area contributed by atoms with Crippen LogP contribution in [0.2, 0.25) is 0 Å². The third-order valence-corrected chi connectivity index (χ3v) is 3.68. The zero-order valence-electron chi connectivity index (χ0n) is 12.9. The van der Waals surface area contributed by atoms with Gasteiger partial charge in [-0.3, -0.25) is 9.59 Å². The summed E-state index contributed by atoms with van der Waals surface area (Å²) in [6, 6.07) is 6.90. The first kappa shape index (κ1) is 16.8. The van der Waals surface area contributed by atoms with E-state index in [1.54, 1.807) is 24.3 Å². The highest BCUT2D eigenvalue weighted by molar-refractivity contribution is 5.98. The van der Waals surface area contributed by atoms with Crippen molar-refractivity contribution in [1.82, 2.24) is 4.90 Å². The van der Waals surface area contributed by atoms with Crippen LogP contribution < -0.4 is 5.32 Å². The predicted octanol–water partition coefficient (Wildman–Crippen LogP) is 1.99. The lowest BCUT2D eigenvalue weighted by molar-refractivity contribution is -0.139. The number of carbonyl (C=O) groups excluding carboxylic acids is 2. The molecular weight excluding hydrogens is 300 g/mol. The molecule has 1 saturated heterocycles. The highest BCUT2D eigenvalue weighted by Gasteiger charge is 2.22. The quantitative estimate of drug-likeness (QED) is 0.636. The summed E-state index contributed by atoms with van der Waals surface area (Å²) in [6.07, 6.45) is 0.822. The highest BCUT2D eigenvalue weighted by Crippen LogP contribution is 2.17. The fourth-order valence-corrected chi connectivity index (χ4v) is 2.51. The van der Waals surface area contributed by atoms with Gasteiger partial charge in [-0.05, 0) is 37.1 Å². The molecule has 7 heteroatoms. The van der Waals surface area contributed by atoms with Gasteiger partial charge in [-0.2, -0.15) is 0 Å². The van der Waals surface area contributed by atoms with Crippen molar-refractivity contribution in [3.8, 4) is 0 Å². The Kier molecular flexibility index (Phi) is 5.56. The van der Waals surface area contributed by atoms with Gasteiger partial charge in [0.05, 0.1) is 0 Å². The minimum Gasteiger partial charge on any atom is -0.465 e. The Bertz CT molecular complexity index is 585. The van der Waals surface area contributed by atoms with Crippen molar-refractivity contribution >= 4 is 23.5 Å². The van der Waals surface area contributed by atoms with Gasteiger partial charge in [-0.1, -0.05) is 0 Å². The number of amides is 1. The zero-order chi connectivity index (χ0) is 16.8. The number of nitrogens with one attached hydrogen (secondary N) is 1. The molecule has 2 rings (SSSR count). The number of ether oxygens (including phenoxy) is 1. The number of ketones is 1. The molecule has 124 valence electrons. The lowest BCUT2D eigenvalue weighted by atomic mass is 10.1. The van der Waals surface area contributed by atoms with E-state index in [-0.39, 0.29) is 18.4 Å². The summed E-state index contributed by atoms with van der Waals surface area (Å²) in [5.41, 5.74) is 1.29. The first-order chi connectivity index (χ1) is 11.0. The molecule has 23 heavy (non-hydrogen) atoms. The summed E-state index contributed by atoms with van der Waals surface area (Å²) in [7, 11) is 0. The smallest absolute Gasteiger partial charge is 0.407 e. The molecule has 1 aliphatic rings. The van der Waals surface area contributed by atoms with Gasteiger partial charge >= 0.3 is 12.1 Å². The molecule has 0 spiro atoms. The largest absolute Gasteiger partial charge is 0.465 e. The third-order valence-electron chi connectivity index (χ3n) is 3.68. The number of piperidine rings is 1. The molecule has 2 N–H and O–H groups in total. The van der Waals surface area contributed by atoms with Gasteiger partial charge in [0.25, 0.3) is 0 Å². The highest BCUT2D eigenvalue weighted by atomic mass is 16.5. The number of likely N-dealkylation sites (tertiary alicyclic amines) is 1. The summed E-state index contributed by atoms with van der Waals surface area (Å²) in [5.74, 6) is -0.751. The van der Waals surface area contributed by atoms with Gasteiger partial charge in [0.1, 0.15) is 0 Å². The molecule has 1 heterocycles. The van der Waals surface area contributed by atoms with Crippen LogP contribution in [0.5, 0.6) is 0 Å². The van der Waals surface area contributed by atoms with E-state index in [9.17, 15) is 14.4 Å². The lowest BCUT2D eigenvalue weighted by Crippen LogP contribution is -2.44. The van der Waals surface area contributed by atoms with Crippen LogP contribution >= 0.6 is 0 Å². The van der Waals surface area contributed by atoms with E-state index in [1.807, 2.05) is 0 Å². The van der Waals surface area contributed by atoms with E-state index in [2.05, 4.69) is 10.1 Å². The predicted molar refractivity (Wildman–Crippen MR) is 83.6 cm³/mol. The Balaban J connectivity index is 1.90. The van der Waals surface area contributed by atoms with Crippen LogP contribution in [0.15, 0.2) is 24.3 Å². The maximum Gasteiger partial charge on any atom is 0.407 e. The minimum atomic E-state index is -0.900. The molecule has 0 aliphatic carbocycles. The minimum absolute atomic E-state index is 0.0578. The average molecular weight is 320 g/mol. The van der Waals surface area contributed by atoms with Crippen molar-refractivity contribution in [3.05, 3.63) is 29.8 Å². The number of Topliss-reactive ketones (excluding diaryl/α,β-unsaturated/α-hetero) is 1. The number of nitrogens with zero attached hydrogens (tertiary/aromatic N) is 1. The number of esters is 1. The number of hydrogen-bond acceptors (Lipinski definition) is 5. The second-order valence-corrected chi connectivity index (χ2v) is 5.49. The van der Waals surface area contributed by atoms with Gasteiger partial charge in [0.2, 0.25) is 0 Å². The van der Waals surface area contributed by atoms with Crippen LogP contribution in [-0.4, -0.2) is 53.6 Å². The summed E-state index contributed by atoms with van der Waals surface area (Å²) >= 11 is 0. The molecule has 1 atom stereocenters. The van der Waals surface area contributed by atoms with Crippen molar-refractivity contribution in [2.75, 3.05) is 25.0 Å². The fourth-order valence-electron chi connectivity index (χ4n) is 2.51. The number of carbonyl (C=O) groups is 3. The van der Waals surface area contributed by atoms with Crippen molar-refractivity contribution in [3.63, 3.8) is 0 Å². The first-order valence-corrected chi connectivity index (χ1v) is 7.46. The Labute approximate surface area is 134 Å². The van der Waals surface area contributed by atoms with Crippen LogP contribution in [0, 0.1) is 0 Å². The van der Waals surface area contributed by atoms with Crippen molar-refractivity contribution in [1.29, 1.82) is 0 Å². The molecule has 7 nitrogen and oxygen atoms in total. The van der Waals surface area contributed by atoms with E-state index >= 15 is 0 Å². The average Bonchev–Trinajstić information content (AvgIpc) is 2.53. The van der Waals surface area contributed by atoms with Gasteiger partial charge < -0.3 is 20.1 Å². The van der Waals surface area contributed by atoms with Gasteiger partial charge in [-0.15, -0.1) is 0 Å². The molecule has 1 aromatic rings. The maximum atomic E-state index is 11.8. The van der Waals surface area contributed by atoms with E-state index in [0.717, 1.165) is 18.5 Å². The molecule has 1 aromatic carbocycles. The standard InChI is InChI=1S/C16H20N2O5/c1-11(19)23-10-15(20)12-4-6-13(7-5-12)17-14-3-2-8-18(9-14)16(21)22/h4-7,14,17H,2-3,8-10H2,1H3,(H,21,22)/t14-/m1/s1. The Morgan fingerprint density at radius 2 is 2.00 bits per heavy atom. The molecule has 1 amide bonds. The fraction of sp³-hybridized carbons (Fsp3) is 0.438. The SMILES string of the molecule is CC(=O)OCC(=O)c1ccc(N[C@@H]2CCCN(C(=O)O)C2)cc1. The van der Waals surface area contributed by atoms with Crippen molar-refractivity contribution < 1.29 is 24.2 Å².